The molecular weight excluding hydrogens is 318 g/mol. The number of hydrogen-bond acceptors (Lipinski definition) is 5. The fourth-order valence-corrected chi connectivity index (χ4v) is 6.22. The zero-order valence-electron chi connectivity index (χ0n) is 13.4. The van der Waals surface area contributed by atoms with E-state index in [1.807, 2.05) is 11.3 Å². The van der Waals surface area contributed by atoms with Gasteiger partial charge in [0.1, 0.15) is 0 Å². The molecule has 0 amide bonds. The first kappa shape index (κ1) is 16.4. The van der Waals surface area contributed by atoms with Crippen LogP contribution in [0.5, 0.6) is 0 Å². The largest absolute Gasteiger partial charge is 0.377 e. The van der Waals surface area contributed by atoms with E-state index in [2.05, 4.69) is 24.8 Å². The third-order valence-corrected chi connectivity index (χ3v) is 7.46. The van der Waals surface area contributed by atoms with Crippen molar-refractivity contribution < 1.29 is 13.2 Å². The smallest absolute Gasteiger partial charge is 0.151 e. The van der Waals surface area contributed by atoms with E-state index in [0.29, 0.717) is 11.5 Å². The maximum atomic E-state index is 11.9. The zero-order chi connectivity index (χ0) is 15.7. The Bertz CT molecular complexity index is 617. The lowest BCUT2D eigenvalue weighted by Crippen LogP contribution is -2.40. The fourth-order valence-electron chi connectivity index (χ4n) is 3.52. The van der Waals surface area contributed by atoms with Crippen molar-refractivity contribution in [2.75, 3.05) is 24.7 Å². The predicted octanol–water partition coefficient (Wildman–Crippen LogP) is 2.53. The topological polar surface area (TPSA) is 46.6 Å². The Balaban J connectivity index is 1.74. The molecule has 2 aliphatic heterocycles. The van der Waals surface area contributed by atoms with Gasteiger partial charge in [-0.25, -0.2) is 8.42 Å². The molecule has 2 atom stereocenters. The van der Waals surface area contributed by atoms with Crippen molar-refractivity contribution in [2.45, 2.75) is 51.8 Å². The summed E-state index contributed by atoms with van der Waals surface area (Å²) in [5.74, 6) is 0.642. The molecule has 0 N–H and O–H groups in total. The highest BCUT2D eigenvalue weighted by Crippen LogP contribution is 2.27. The Hall–Kier alpha value is -0.430. The Labute approximate surface area is 137 Å². The quantitative estimate of drug-likeness (QED) is 0.824. The minimum atomic E-state index is -2.85. The van der Waals surface area contributed by atoms with Crippen LogP contribution in [0.3, 0.4) is 0 Å². The van der Waals surface area contributed by atoms with Crippen LogP contribution in [0, 0.1) is 13.8 Å². The molecule has 0 radical (unpaired) electrons. The molecule has 22 heavy (non-hydrogen) atoms. The van der Waals surface area contributed by atoms with Crippen molar-refractivity contribution in [1.82, 2.24) is 4.90 Å². The molecule has 2 aliphatic rings. The average Bonchev–Trinajstić information content (AvgIpc) is 3.12. The highest BCUT2D eigenvalue weighted by molar-refractivity contribution is 7.91. The minimum Gasteiger partial charge on any atom is -0.377 e. The lowest BCUT2D eigenvalue weighted by atomic mass is 10.1. The van der Waals surface area contributed by atoms with Gasteiger partial charge in [-0.05, 0) is 44.7 Å². The van der Waals surface area contributed by atoms with Crippen LogP contribution in [0.1, 0.15) is 34.6 Å². The van der Waals surface area contributed by atoms with Crippen molar-refractivity contribution in [3.63, 3.8) is 0 Å². The van der Waals surface area contributed by atoms with Crippen LogP contribution < -0.4 is 0 Å². The number of rotatable bonds is 5. The van der Waals surface area contributed by atoms with Gasteiger partial charge in [0.2, 0.25) is 0 Å². The Morgan fingerprint density at radius 3 is 2.73 bits per heavy atom. The number of nitrogens with zero attached hydrogens (tertiary/aromatic N) is 1. The zero-order valence-corrected chi connectivity index (χ0v) is 15.0. The lowest BCUT2D eigenvalue weighted by Gasteiger charge is -2.30. The number of aryl methyl sites for hydroxylation is 2. The second kappa shape index (κ2) is 6.59. The first-order valence-corrected chi connectivity index (χ1v) is 10.7. The van der Waals surface area contributed by atoms with Crippen LogP contribution in [0.4, 0.5) is 0 Å². The van der Waals surface area contributed by atoms with Gasteiger partial charge in [-0.2, -0.15) is 0 Å². The van der Waals surface area contributed by atoms with Crippen LogP contribution in [-0.4, -0.2) is 50.1 Å². The first-order chi connectivity index (χ1) is 10.4. The molecule has 1 aromatic heterocycles. The van der Waals surface area contributed by atoms with Gasteiger partial charge in [0, 0.05) is 35.5 Å². The van der Waals surface area contributed by atoms with Gasteiger partial charge in [0.25, 0.3) is 0 Å². The normalized spacial score (nSPS) is 27.8. The van der Waals surface area contributed by atoms with Crippen molar-refractivity contribution in [3.05, 3.63) is 21.4 Å². The van der Waals surface area contributed by atoms with E-state index in [9.17, 15) is 8.42 Å². The number of sulfone groups is 1. The summed E-state index contributed by atoms with van der Waals surface area (Å²) in [6.45, 7) is 6.83. The summed E-state index contributed by atoms with van der Waals surface area (Å²) in [5.41, 5.74) is 1.34. The Morgan fingerprint density at radius 1 is 1.36 bits per heavy atom. The van der Waals surface area contributed by atoms with E-state index in [1.54, 1.807) is 0 Å². The molecule has 0 aliphatic carbocycles. The minimum absolute atomic E-state index is 0.147. The second-order valence-corrected chi connectivity index (χ2v) is 10.2. The molecule has 2 fully saturated rings. The van der Waals surface area contributed by atoms with Crippen LogP contribution in [-0.2, 0) is 21.1 Å². The van der Waals surface area contributed by atoms with E-state index >= 15 is 0 Å². The molecule has 4 nitrogen and oxygen atoms in total. The van der Waals surface area contributed by atoms with Crippen molar-refractivity contribution in [3.8, 4) is 0 Å². The van der Waals surface area contributed by atoms with Gasteiger partial charge >= 0.3 is 0 Å². The highest BCUT2D eigenvalue weighted by atomic mass is 32.2. The van der Waals surface area contributed by atoms with Crippen molar-refractivity contribution in [1.29, 1.82) is 0 Å². The summed E-state index contributed by atoms with van der Waals surface area (Å²) < 4.78 is 29.5. The number of ether oxygens (including phenoxy) is 1. The van der Waals surface area contributed by atoms with Crippen molar-refractivity contribution in [2.24, 2.45) is 0 Å². The van der Waals surface area contributed by atoms with Gasteiger partial charge < -0.3 is 4.74 Å². The third-order valence-electron chi connectivity index (χ3n) is 4.70. The Morgan fingerprint density at radius 2 is 2.18 bits per heavy atom. The van der Waals surface area contributed by atoms with E-state index < -0.39 is 9.84 Å². The van der Waals surface area contributed by atoms with Gasteiger partial charge in [-0.15, -0.1) is 11.3 Å². The summed E-state index contributed by atoms with van der Waals surface area (Å²) in [5, 5.41) is 0. The standard InChI is InChI=1S/C16H25NO3S2/c1-12-8-14(13(2)21-12)9-17(10-16-4-3-6-20-16)15-5-7-22(18,19)11-15/h8,15-16H,3-7,9-11H2,1-2H3/t15-,16-/m0/s1. The summed E-state index contributed by atoms with van der Waals surface area (Å²) in [7, 11) is -2.85. The average molecular weight is 344 g/mol. The SMILES string of the molecule is Cc1cc(CN(C[C@@H]2CCCO2)[C@H]2CCS(=O)(=O)C2)c(C)s1. The monoisotopic (exact) mass is 343 g/mol. The van der Waals surface area contributed by atoms with E-state index in [-0.39, 0.29) is 12.1 Å². The van der Waals surface area contributed by atoms with Gasteiger partial charge in [-0.3, -0.25) is 4.90 Å². The molecule has 0 aromatic carbocycles. The molecular formula is C16H25NO3S2. The number of thiophene rings is 1. The van der Waals surface area contributed by atoms with Crippen LogP contribution >= 0.6 is 11.3 Å². The maximum Gasteiger partial charge on any atom is 0.151 e. The van der Waals surface area contributed by atoms with E-state index in [4.69, 9.17) is 4.74 Å². The molecule has 0 saturated carbocycles. The maximum absolute atomic E-state index is 11.9. The van der Waals surface area contributed by atoms with Gasteiger partial charge in [0.15, 0.2) is 9.84 Å². The molecule has 0 unspecified atom stereocenters. The van der Waals surface area contributed by atoms with Crippen LogP contribution in [0.15, 0.2) is 6.07 Å². The summed E-state index contributed by atoms with van der Waals surface area (Å²) >= 11 is 1.82. The van der Waals surface area contributed by atoms with E-state index in [1.165, 1.54) is 15.3 Å². The summed E-state index contributed by atoms with van der Waals surface area (Å²) in [6.07, 6.45) is 3.25. The van der Waals surface area contributed by atoms with Gasteiger partial charge in [-0.1, -0.05) is 0 Å². The Kier molecular flexibility index (Phi) is 4.92. The van der Waals surface area contributed by atoms with Crippen LogP contribution in [0.25, 0.3) is 0 Å². The molecule has 0 bridgehead atoms. The molecule has 0 spiro atoms. The van der Waals surface area contributed by atoms with E-state index in [0.717, 1.165) is 39.0 Å². The summed E-state index contributed by atoms with van der Waals surface area (Å²) in [4.78, 5) is 5.02. The molecule has 3 rings (SSSR count). The third kappa shape index (κ3) is 3.91. The van der Waals surface area contributed by atoms with Crippen LogP contribution in [0.2, 0.25) is 0 Å². The lowest BCUT2D eigenvalue weighted by molar-refractivity contribution is 0.0574. The molecule has 124 valence electrons. The first-order valence-electron chi connectivity index (χ1n) is 8.05. The predicted molar refractivity (Wildman–Crippen MR) is 90.2 cm³/mol. The molecule has 1 aromatic rings. The molecule has 2 saturated heterocycles. The number of hydrogen-bond donors (Lipinski definition) is 0. The fraction of sp³-hybridized carbons (Fsp3) is 0.750. The molecule has 3 heterocycles. The van der Waals surface area contributed by atoms with Gasteiger partial charge in [0.05, 0.1) is 17.6 Å². The van der Waals surface area contributed by atoms with Crippen molar-refractivity contribution >= 4 is 21.2 Å². The second-order valence-electron chi connectivity index (χ2n) is 6.56. The highest BCUT2D eigenvalue weighted by Gasteiger charge is 2.34. The molecule has 6 heteroatoms. The summed E-state index contributed by atoms with van der Waals surface area (Å²) in [6, 6.07) is 2.39.